The molecule has 1 saturated heterocycles. The zero-order chi connectivity index (χ0) is 19.5. The molecule has 4 heterocycles. The molecule has 0 atom stereocenters. The molecule has 4 rings (SSSR count). The number of piperazine rings is 1. The van der Waals surface area contributed by atoms with E-state index in [4.69, 9.17) is 0 Å². The minimum absolute atomic E-state index is 0.0843. The van der Waals surface area contributed by atoms with Gasteiger partial charge < -0.3 is 15.1 Å². The van der Waals surface area contributed by atoms with Crippen LogP contribution in [-0.2, 0) is 24.3 Å². The lowest BCUT2D eigenvalue weighted by Gasteiger charge is -2.33. The number of carbonyl (C=O) groups excluding carboxylic acids is 1. The zero-order valence-electron chi connectivity index (χ0n) is 16.3. The standard InChI is InChI=1S/C19H27N7O2/c1-23-9-11-24(12-10-23)16-7-6-15(13-20-16)21-18(27)14-26-19(28)25-8-4-2-3-5-17(25)22-26/h6-7,13H,2-5,8-12,14H2,1H3,(H,21,27). The summed E-state index contributed by atoms with van der Waals surface area (Å²) in [7, 11) is 2.12. The number of anilines is 2. The van der Waals surface area contributed by atoms with Gasteiger partial charge in [0, 0.05) is 39.1 Å². The molecule has 0 bridgehead atoms. The minimum Gasteiger partial charge on any atom is -0.354 e. The van der Waals surface area contributed by atoms with Gasteiger partial charge in [-0.1, -0.05) is 6.42 Å². The molecule has 1 N–H and O–H groups in total. The summed E-state index contributed by atoms with van der Waals surface area (Å²) in [6.07, 6.45) is 5.59. The van der Waals surface area contributed by atoms with Crippen LogP contribution in [0.1, 0.15) is 25.1 Å². The summed E-state index contributed by atoms with van der Waals surface area (Å²) in [6, 6.07) is 3.77. The van der Waals surface area contributed by atoms with Gasteiger partial charge in [0.15, 0.2) is 0 Å². The molecule has 2 aliphatic heterocycles. The van der Waals surface area contributed by atoms with E-state index in [2.05, 4.69) is 32.2 Å². The molecule has 2 aromatic rings. The molecule has 9 nitrogen and oxygen atoms in total. The summed E-state index contributed by atoms with van der Waals surface area (Å²) >= 11 is 0. The number of hydrogen-bond acceptors (Lipinski definition) is 6. The number of aryl methyl sites for hydroxylation is 1. The van der Waals surface area contributed by atoms with E-state index < -0.39 is 0 Å². The maximum Gasteiger partial charge on any atom is 0.346 e. The summed E-state index contributed by atoms with van der Waals surface area (Å²) < 4.78 is 2.97. The Morgan fingerprint density at radius 2 is 1.93 bits per heavy atom. The average molecular weight is 385 g/mol. The third-order valence-electron chi connectivity index (χ3n) is 5.43. The Balaban J connectivity index is 1.37. The quantitative estimate of drug-likeness (QED) is 0.827. The lowest BCUT2D eigenvalue weighted by molar-refractivity contribution is -0.117. The van der Waals surface area contributed by atoms with Crippen molar-refractivity contribution in [3.63, 3.8) is 0 Å². The van der Waals surface area contributed by atoms with E-state index in [1.807, 2.05) is 12.1 Å². The van der Waals surface area contributed by atoms with Crippen LogP contribution in [0.25, 0.3) is 0 Å². The van der Waals surface area contributed by atoms with Gasteiger partial charge in [0.2, 0.25) is 5.91 Å². The van der Waals surface area contributed by atoms with Crippen molar-refractivity contribution in [1.82, 2.24) is 24.2 Å². The van der Waals surface area contributed by atoms with Crippen LogP contribution in [0.5, 0.6) is 0 Å². The van der Waals surface area contributed by atoms with Crippen molar-refractivity contribution in [3.8, 4) is 0 Å². The van der Waals surface area contributed by atoms with Crippen molar-refractivity contribution in [2.75, 3.05) is 43.4 Å². The first-order chi connectivity index (χ1) is 13.6. The molecule has 28 heavy (non-hydrogen) atoms. The van der Waals surface area contributed by atoms with Crippen LogP contribution in [0.15, 0.2) is 23.1 Å². The summed E-state index contributed by atoms with van der Waals surface area (Å²) in [5.74, 6) is 1.43. The number of aromatic nitrogens is 4. The van der Waals surface area contributed by atoms with Crippen LogP contribution in [-0.4, -0.2) is 63.4 Å². The fourth-order valence-corrected chi connectivity index (χ4v) is 3.75. The van der Waals surface area contributed by atoms with Crippen LogP contribution in [0, 0.1) is 0 Å². The number of rotatable bonds is 4. The molecular weight excluding hydrogens is 358 g/mol. The number of amides is 1. The summed E-state index contributed by atoms with van der Waals surface area (Å²) in [5.41, 5.74) is 0.423. The van der Waals surface area contributed by atoms with Crippen LogP contribution >= 0.6 is 0 Å². The van der Waals surface area contributed by atoms with E-state index in [0.717, 1.165) is 63.5 Å². The number of nitrogens with zero attached hydrogens (tertiary/aromatic N) is 6. The number of fused-ring (bicyclic) bond motifs is 1. The molecular formula is C19H27N7O2. The Bertz CT molecular complexity index is 879. The van der Waals surface area contributed by atoms with Gasteiger partial charge in [-0.15, -0.1) is 0 Å². The van der Waals surface area contributed by atoms with Crippen molar-refractivity contribution in [1.29, 1.82) is 0 Å². The fraction of sp³-hybridized carbons (Fsp3) is 0.579. The Morgan fingerprint density at radius 3 is 2.68 bits per heavy atom. The Labute approximate surface area is 164 Å². The van der Waals surface area contributed by atoms with Crippen LogP contribution < -0.4 is 15.9 Å². The van der Waals surface area contributed by atoms with Crippen LogP contribution in [0.4, 0.5) is 11.5 Å². The zero-order valence-corrected chi connectivity index (χ0v) is 16.3. The van der Waals surface area contributed by atoms with Crippen molar-refractivity contribution < 1.29 is 4.79 Å². The average Bonchev–Trinajstić information content (AvgIpc) is 2.85. The SMILES string of the molecule is CN1CCN(c2ccc(NC(=O)Cn3nc4n(c3=O)CCCCC4)cn2)CC1. The maximum atomic E-state index is 12.5. The largest absolute Gasteiger partial charge is 0.354 e. The maximum absolute atomic E-state index is 12.5. The normalized spacial score (nSPS) is 17.8. The molecule has 0 saturated carbocycles. The highest BCUT2D eigenvalue weighted by molar-refractivity contribution is 5.90. The molecule has 9 heteroatoms. The van der Waals surface area contributed by atoms with E-state index in [-0.39, 0.29) is 18.1 Å². The summed E-state index contributed by atoms with van der Waals surface area (Å²) in [5, 5.41) is 7.16. The van der Waals surface area contributed by atoms with Crippen LogP contribution in [0.2, 0.25) is 0 Å². The Kier molecular flexibility index (Phi) is 5.43. The van der Waals surface area contributed by atoms with Crippen molar-refractivity contribution in [3.05, 3.63) is 34.6 Å². The van der Waals surface area contributed by atoms with Gasteiger partial charge >= 0.3 is 5.69 Å². The van der Waals surface area contributed by atoms with E-state index in [1.165, 1.54) is 4.68 Å². The third kappa shape index (κ3) is 4.09. The first kappa shape index (κ1) is 18.7. The monoisotopic (exact) mass is 385 g/mol. The molecule has 1 fully saturated rings. The number of pyridine rings is 1. The van der Waals surface area contributed by atoms with Crippen LogP contribution in [0.3, 0.4) is 0 Å². The first-order valence-electron chi connectivity index (χ1n) is 9.96. The van der Waals surface area contributed by atoms with Gasteiger partial charge in [-0.3, -0.25) is 9.36 Å². The van der Waals surface area contributed by atoms with Crippen molar-refractivity contribution in [2.45, 2.75) is 38.8 Å². The van der Waals surface area contributed by atoms with Gasteiger partial charge in [0.05, 0.1) is 11.9 Å². The molecule has 0 spiro atoms. The topological polar surface area (TPSA) is 88.3 Å². The van der Waals surface area contributed by atoms with Gasteiger partial charge in [-0.25, -0.2) is 14.5 Å². The second-order valence-corrected chi connectivity index (χ2v) is 7.56. The molecule has 0 radical (unpaired) electrons. The predicted octanol–water partition coefficient (Wildman–Crippen LogP) is 0.557. The molecule has 2 aromatic heterocycles. The first-order valence-corrected chi connectivity index (χ1v) is 9.96. The molecule has 0 aliphatic carbocycles. The van der Waals surface area contributed by atoms with Gasteiger partial charge in [-0.2, -0.15) is 5.10 Å². The third-order valence-corrected chi connectivity index (χ3v) is 5.43. The minimum atomic E-state index is -0.274. The van der Waals surface area contributed by atoms with E-state index in [1.54, 1.807) is 10.8 Å². The van der Waals surface area contributed by atoms with E-state index in [9.17, 15) is 9.59 Å². The Hall–Kier alpha value is -2.68. The Morgan fingerprint density at radius 1 is 1.11 bits per heavy atom. The number of hydrogen-bond donors (Lipinski definition) is 1. The fourth-order valence-electron chi connectivity index (χ4n) is 3.75. The molecule has 0 unspecified atom stereocenters. The lowest BCUT2D eigenvalue weighted by Crippen LogP contribution is -2.44. The van der Waals surface area contributed by atoms with Crippen molar-refractivity contribution >= 4 is 17.4 Å². The smallest absolute Gasteiger partial charge is 0.346 e. The number of carbonyl (C=O) groups is 1. The highest BCUT2D eigenvalue weighted by Gasteiger charge is 2.18. The second-order valence-electron chi connectivity index (χ2n) is 7.56. The van der Waals surface area contributed by atoms with Gasteiger partial charge in [0.1, 0.15) is 18.2 Å². The number of likely N-dealkylation sites (N-methyl/N-ethyl adjacent to an activating group) is 1. The molecule has 1 amide bonds. The number of nitrogens with one attached hydrogen (secondary N) is 1. The lowest BCUT2D eigenvalue weighted by atomic mass is 10.2. The second kappa shape index (κ2) is 8.14. The predicted molar refractivity (Wildman–Crippen MR) is 107 cm³/mol. The van der Waals surface area contributed by atoms with E-state index in [0.29, 0.717) is 12.2 Å². The molecule has 0 aromatic carbocycles. The molecule has 150 valence electrons. The summed E-state index contributed by atoms with van der Waals surface area (Å²) in [4.78, 5) is 33.8. The van der Waals surface area contributed by atoms with Gasteiger partial charge in [-0.05, 0) is 32.0 Å². The highest BCUT2D eigenvalue weighted by atomic mass is 16.2. The molecule has 2 aliphatic rings. The van der Waals surface area contributed by atoms with Crippen molar-refractivity contribution in [2.24, 2.45) is 0 Å². The highest BCUT2D eigenvalue weighted by Crippen LogP contribution is 2.16. The van der Waals surface area contributed by atoms with E-state index >= 15 is 0 Å². The summed E-state index contributed by atoms with van der Waals surface area (Å²) in [6.45, 7) is 4.53. The van der Waals surface area contributed by atoms with Gasteiger partial charge in [0.25, 0.3) is 0 Å².